The minimum atomic E-state index is -0.980. The fourth-order valence-corrected chi connectivity index (χ4v) is 5.43. The molecule has 0 aliphatic carbocycles. The van der Waals surface area contributed by atoms with Crippen LogP contribution in [-0.4, -0.2) is 149 Å². The lowest BCUT2D eigenvalue weighted by molar-refractivity contribution is -0.140. The van der Waals surface area contributed by atoms with Gasteiger partial charge in [0, 0.05) is 65.5 Å². The normalized spacial score (nSPS) is 17.5. The highest BCUT2D eigenvalue weighted by Gasteiger charge is 2.21. The number of aliphatic hydroxyl groups excluding tert-OH is 1. The minimum absolute atomic E-state index is 0.150. The molecule has 44 heavy (non-hydrogen) atoms. The Hall–Kier alpha value is -2.61. The molecule has 12 heteroatoms. The number of ether oxygens (including phenoxy) is 1. The van der Waals surface area contributed by atoms with Crippen LogP contribution in [0.2, 0.25) is 0 Å². The maximum atomic E-state index is 11.5. The first-order valence-corrected chi connectivity index (χ1v) is 16.1. The average Bonchev–Trinajstić information content (AvgIpc) is 2.97. The summed E-state index contributed by atoms with van der Waals surface area (Å²) in [6.07, 6.45) is 7.87. The van der Waals surface area contributed by atoms with Crippen molar-refractivity contribution in [1.82, 2.24) is 19.6 Å². The maximum absolute atomic E-state index is 11.5. The lowest BCUT2D eigenvalue weighted by Crippen LogP contribution is -2.49. The first kappa shape index (κ1) is 37.6. The molecule has 0 aromatic heterocycles. The molecule has 1 aliphatic rings. The van der Waals surface area contributed by atoms with Gasteiger partial charge in [0.25, 0.3) is 0 Å². The van der Waals surface area contributed by atoms with Gasteiger partial charge in [0.1, 0.15) is 0 Å². The van der Waals surface area contributed by atoms with E-state index in [4.69, 9.17) is 4.74 Å². The van der Waals surface area contributed by atoms with E-state index in [1.165, 1.54) is 18.4 Å². The largest absolute Gasteiger partial charge is 0.480 e. The van der Waals surface area contributed by atoms with Gasteiger partial charge in [0.05, 0.1) is 32.3 Å². The van der Waals surface area contributed by atoms with E-state index in [2.05, 4.69) is 17.0 Å². The summed E-state index contributed by atoms with van der Waals surface area (Å²) >= 11 is 0. The molecule has 1 saturated heterocycles. The average molecular weight is 623 g/mol. The van der Waals surface area contributed by atoms with E-state index in [1.807, 2.05) is 18.2 Å². The Morgan fingerprint density at radius 1 is 0.614 bits per heavy atom. The molecular formula is C32H54N4O8. The summed E-state index contributed by atoms with van der Waals surface area (Å²) in [7, 11) is 0. The molecule has 1 unspecified atom stereocenters. The van der Waals surface area contributed by atoms with Crippen molar-refractivity contribution in [3.05, 3.63) is 35.9 Å². The first-order chi connectivity index (χ1) is 21.2. The number of rotatable bonds is 20. The Kier molecular flexibility index (Phi) is 19.5. The molecule has 250 valence electrons. The Morgan fingerprint density at radius 3 is 1.48 bits per heavy atom. The number of unbranched alkanes of at least 4 members (excludes halogenated alkanes) is 6. The predicted molar refractivity (Wildman–Crippen MR) is 168 cm³/mol. The van der Waals surface area contributed by atoms with Crippen LogP contribution >= 0.6 is 0 Å². The van der Waals surface area contributed by atoms with Gasteiger partial charge in [0.15, 0.2) is 0 Å². The molecule has 2 rings (SSSR count). The monoisotopic (exact) mass is 622 g/mol. The van der Waals surface area contributed by atoms with Gasteiger partial charge in [-0.2, -0.15) is 0 Å². The third kappa shape index (κ3) is 18.9. The Morgan fingerprint density at radius 2 is 1.02 bits per heavy atom. The van der Waals surface area contributed by atoms with E-state index in [-0.39, 0.29) is 19.6 Å². The third-order valence-corrected chi connectivity index (χ3v) is 7.91. The molecule has 12 nitrogen and oxygen atoms in total. The van der Waals surface area contributed by atoms with Crippen LogP contribution in [-0.2, 0) is 25.7 Å². The zero-order chi connectivity index (χ0) is 32.0. The van der Waals surface area contributed by atoms with Crippen molar-refractivity contribution < 1.29 is 39.5 Å². The van der Waals surface area contributed by atoms with Crippen molar-refractivity contribution in [1.29, 1.82) is 0 Å². The van der Waals surface area contributed by atoms with Crippen LogP contribution in [0.4, 0.5) is 0 Å². The Labute approximate surface area is 262 Å². The summed E-state index contributed by atoms with van der Waals surface area (Å²) in [6.45, 7) is 4.86. The number of benzene rings is 1. The summed E-state index contributed by atoms with van der Waals surface area (Å²) in [6, 6.07) is 10.2. The highest BCUT2D eigenvalue weighted by atomic mass is 16.5. The standard InChI is InChI=1S/C32H54N4O8/c37-29(13-9-4-2-1-3-5-10-22-44-27-28-11-7-6-8-12-28)23-33-14-16-34(24-30(38)39)18-20-36(26-32(42)43)21-19-35(17-15-33)25-31(40)41/h6-8,11-12,29,37H,1-5,9-10,13-27H2,(H,38,39)(H,40,41)(H,42,43). The molecule has 0 radical (unpaired) electrons. The highest BCUT2D eigenvalue weighted by molar-refractivity contribution is 5.69. The van der Waals surface area contributed by atoms with E-state index in [9.17, 15) is 34.8 Å². The number of carbonyl (C=O) groups is 3. The molecule has 1 fully saturated rings. The zero-order valence-corrected chi connectivity index (χ0v) is 26.2. The fourth-order valence-electron chi connectivity index (χ4n) is 5.43. The molecule has 1 aromatic rings. The summed E-state index contributed by atoms with van der Waals surface area (Å²) in [5.74, 6) is -2.87. The van der Waals surface area contributed by atoms with Gasteiger partial charge < -0.3 is 25.2 Å². The molecule has 0 amide bonds. The van der Waals surface area contributed by atoms with Gasteiger partial charge in [0.2, 0.25) is 0 Å². The molecule has 1 aliphatic heterocycles. The van der Waals surface area contributed by atoms with Crippen LogP contribution < -0.4 is 0 Å². The molecule has 1 aromatic carbocycles. The van der Waals surface area contributed by atoms with Crippen LogP contribution in [0.3, 0.4) is 0 Å². The maximum Gasteiger partial charge on any atom is 0.317 e. The number of carboxylic acid groups (broad SMARTS) is 3. The number of carboxylic acids is 3. The van der Waals surface area contributed by atoms with Crippen LogP contribution in [0.25, 0.3) is 0 Å². The second-order valence-corrected chi connectivity index (χ2v) is 11.8. The van der Waals surface area contributed by atoms with Gasteiger partial charge in [-0.15, -0.1) is 0 Å². The molecule has 0 bridgehead atoms. The molecule has 0 spiro atoms. The van der Waals surface area contributed by atoms with E-state index < -0.39 is 24.0 Å². The first-order valence-electron chi connectivity index (χ1n) is 16.1. The lowest BCUT2D eigenvalue weighted by atomic mass is 10.1. The second kappa shape index (κ2) is 22.8. The Bertz CT molecular complexity index is 906. The summed E-state index contributed by atoms with van der Waals surface area (Å²) in [5.41, 5.74) is 1.20. The topological polar surface area (TPSA) is 154 Å². The van der Waals surface area contributed by atoms with E-state index >= 15 is 0 Å². The van der Waals surface area contributed by atoms with Gasteiger partial charge in [-0.25, -0.2) is 0 Å². The van der Waals surface area contributed by atoms with Crippen molar-refractivity contribution in [3.8, 4) is 0 Å². The number of β-amino-alcohol motifs (C(OH)–C–C–N with tert-alkyl or cyclic N) is 1. The van der Waals surface area contributed by atoms with Crippen molar-refractivity contribution >= 4 is 17.9 Å². The number of aliphatic carboxylic acids is 3. The van der Waals surface area contributed by atoms with Gasteiger partial charge in [-0.1, -0.05) is 68.9 Å². The molecular weight excluding hydrogens is 568 g/mol. The Balaban J connectivity index is 1.72. The quantitative estimate of drug-likeness (QED) is 0.158. The number of aliphatic hydroxyl groups is 1. The van der Waals surface area contributed by atoms with Gasteiger partial charge in [-0.05, 0) is 18.4 Å². The minimum Gasteiger partial charge on any atom is -0.480 e. The number of nitrogens with zero attached hydrogens (tertiary/aromatic N) is 4. The van der Waals surface area contributed by atoms with Gasteiger partial charge >= 0.3 is 17.9 Å². The molecule has 0 saturated carbocycles. The smallest absolute Gasteiger partial charge is 0.317 e. The van der Waals surface area contributed by atoms with E-state index in [1.54, 1.807) is 14.7 Å². The van der Waals surface area contributed by atoms with Crippen molar-refractivity contribution in [2.75, 3.05) is 85.1 Å². The van der Waals surface area contributed by atoms with Gasteiger partial charge in [-0.3, -0.25) is 34.0 Å². The van der Waals surface area contributed by atoms with E-state index in [0.29, 0.717) is 71.9 Å². The lowest BCUT2D eigenvalue weighted by Gasteiger charge is -2.33. The number of hydrogen-bond donors (Lipinski definition) is 4. The van der Waals surface area contributed by atoms with Crippen LogP contribution in [0.15, 0.2) is 30.3 Å². The summed E-state index contributed by atoms with van der Waals surface area (Å²) in [4.78, 5) is 41.6. The highest BCUT2D eigenvalue weighted by Crippen LogP contribution is 2.12. The van der Waals surface area contributed by atoms with E-state index in [0.717, 1.165) is 38.7 Å². The summed E-state index contributed by atoms with van der Waals surface area (Å²) < 4.78 is 5.74. The summed E-state index contributed by atoms with van der Waals surface area (Å²) in [5, 5.41) is 38.9. The molecule has 1 heterocycles. The van der Waals surface area contributed by atoms with Crippen molar-refractivity contribution in [2.24, 2.45) is 0 Å². The predicted octanol–water partition coefficient (Wildman–Crippen LogP) is 2.16. The zero-order valence-electron chi connectivity index (χ0n) is 26.2. The van der Waals surface area contributed by atoms with Crippen LogP contribution in [0.1, 0.15) is 56.9 Å². The van der Waals surface area contributed by atoms with Crippen molar-refractivity contribution in [2.45, 2.75) is 64.1 Å². The SMILES string of the molecule is O=C(O)CN1CCN(CC(=O)O)CCN(CC(O)CCCCCCCCCOCc2ccccc2)CCN(CC(=O)O)CC1. The third-order valence-electron chi connectivity index (χ3n) is 7.91. The second-order valence-electron chi connectivity index (χ2n) is 11.8. The van der Waals surface area contributed by atoms with Crippen molar-refractivity contribution in [3.63, 3.8) is 0 Å². The van der Waals surface area contributed by atoms with Crippen LogP contribution in [0, 0.1) is 0 Å². The molecule has 4 N–H and O–H groups in total. The number of hydrogen-bond acceptors (Lipinski definition) is 9. The fraction of sp³-hybridized carbons (Fsp3) is 0.719. The van der Waals surface area contributed by atoms with Crippen LogP contribution in [0.5, 0.6) is 0 Å². The molecule has 1 atom stereocenters.